The Morgan fingerprint density at radius 2 is 2.19 bits per heavy atom. The number of nitrogen functional groups attached to an aromatic ring is 1. The predicted molar refractivity (Wildman–Crippen MR) is 67.3 cm³/mol. The Morgan fingerprint density at radius 1 is 1.44 bits per heavy atom. The molecule has 1 aromatic heterocycles. The number of rotatable bonds is 7. The first-order chi connectivity index (χ1) is 7.70. The number of aliphatic hydroxyl groups is 1. The molecule has 1 rings (SSSR count). The Kier molecular flexibility index (Phi) is 5.34. The van der Waals surface area contributed by atoms with E-state index in [-0.39, 0.29) is 6.61 Å². The van der Waals surface area contributed by atoms with Crippen LogP contribution in [0.25, 0.3) is 0 Å². The maximum atomic E-state index is 8.68. The van der Waals surface area contributed by atoms with E-state index >= 15 is 0 Å². The van der Waals surface area contributed by atoms with Gasteiger partial charge in [0.1, 0.15) is 0 Å². The standard InChI is InChI=1S/C10H19N3O2S/c1-13(6-4-3-5-7-14)10-8(15-2)9(11)12-16-10/h14H,3-7H2,1-2H3,(H2,11,12). The molecule has 5 nitrogen and oxygen atoms in total. The lowest BCUT2D eigenvalue weighted by Gasteiger charge is -2.17. The zero-order valence-corrected chi connectivity index (χ0v) is 10.6. The highest BCUT2D eigenvalue weighted by molar-refractivity contribution is 7.11. The SMILES string of the molecule is COc1c(N)nsc1N(C)CCCCCO. The minimum absolute atomic E-state index is 0.264. The quantitative estimate of drug-likeness (QED) is 0.709. The summed E-state index contributed by atoms with van der Waals surface area (Å²) >= 11 is 1.35. The van der Waals surface area contributed by atoms with Crippen LogP contribution in [0.2, 0.25) is 0 Å². The second-order valence-corrected chi connectivity index (χ2v) is 4.36. The maximum absolute atomic E-state index is 8.68. The lowest BCUT2D eigenvalue weighted by molar-refractivity contribution is 0.283. The highest BCUT2D eigenvalue weighted by Gasteiger charge is 2.15. The van der Waals surface area contributed by atoms with Crippen molar-refractivity contribution in [1.82, 2.24) is 4.37 Å². The molecule has 0 aromatic carbocycles. The van der Waals surface area contributed by atoms with Crippen molar-refractivity contribution < 1.29 is 9.84 Å². The molecule has 0 bridgehead atoms. The van der Waals surface area contributed by atoms with Crippen molar-refractivity contribution in [3.05, 3.63) is 0 Å². The monoisotopic (exact) mass is 245 g/mol. The third kappa shape index (κ3) is 3.24. The van der Waals surface area contributed by atoms with Gasteiger partial charge in [-0.1, -0.05) is 0 Å². The third-order valence-electron chi connectivity index (χ3n) is 2.36. The van der Waals surface area contributed by atoms with Crippen LogP contribution < -0.4 is 15.4 Å². The largest absolute Gasteiger partial charge is 0.490 e. The fourth-order valence-corrected chi connectivity index (χ4v) is 2.23. The first-order valence-corrected chi connectivity index (χ1v) is 6.09. The zero-order valence-electron chi connectivity index (χ0n) is 9.77. The van der Waals surface area contributed by atoms with Gasteiger partial charge in [-0.05, 0) is 30.8 Å². The van der Waals surface area contributed by atoms with E-state index in [0.29, 0.717) is 11.6 Å². The summed E-state index contributed by atoms with van der Waals surface area (Å²) < 4.78 is 9.27. The van der Waals surface area contributed by atoms with E-state index in [4.69, 9.17) is 15.6 Å². The highest BCUT2D eigenvalue weighted by Crippen LogP contribution is 2.37. The number of nitrogens with zero attached hydrogens (tertiary/aromatic N) is 2. The van der Waals surface area contributed by atoms with Crippen molar-refractivity contribution >= 4 is 22.4 Å². The number of nitrogens with two attached hydrogens (primary N) is 1. The molecule has 0 radical (unpaired) electrons. The van der Waals surface area contributed by atoms with Crippen LogP contribution in [0.4, 0.5) is 10.8 Å². The number of methoxy groups -OCH3 is 1. The number of hydrogen-bond acceptors (Lipinski definition) is 6. The smallest absolute Gasteiger partial charge is 0.197 e. The number of aliphatic hydroxyl groups excluding tert-OH is 1. The van der Waals surface area contributed by atoms with Crippen LogP contribution in [0.3, 0.4) is 0 Å². The van der Waals surface area contributed by atoms with E-state index in [1.54, 1.807) is 7.11 Å². The summed E-state index contributed by atoms with van der Waals surface area (Å²) in [6.45, 7) is 1.18. The summed E-state index contributed by atoms with van der Waals surface area (Å²) in [4.78, 5) is 2.09. The van der Waals surface area contributed by atoms with Gasteiger partial charge in [0.2, 0.25) is 0 Å². The predicted octanol–water partition coefficient (Wildman–Crippen LogP) is 1.33. The van der Waals surface area contributed by atoms with Gasteiger partial charge in [0, 0.05) is 20.2 Å². The van der Waals surface area contributed by atoms with Crippen molar-refractivity contribution in [2.75, 3.05) is 37.9 Å². The lowest BCUT2D eigenvalue weighted by Crippen LogP contribution is -2.18. The minimum atomic E-state index is 0.264. The summed E-state index contributed by atoms with van der Waals surface area (Å²) in [6.07, 6.45) is 2.92. The molecule has 0 amide bonds. The topological polar surface area (TPSA) is 71.6 Å². The van der Waals surface area contributed by atoms with E-state index in [1.807, 2.05) is 7.05 Å². The van der Waals surface area contributed by atoms with Crippen LogP contribution in [0, 0.1) is 0 Å². The number of hydrogen-bond donors (Lipinski definition) is 2. The van der Waals surface area contributed by atoms with Crippen LogP contribution in [0.1, 0.15) is 19.3 Å². The Balaban J connectivity index is 2.48. The molecule has 0 aliphatic rings. The molecule has 0 aliphatic carbocycles. The van der Waals surface area contributed by atoms with Gasteiger partial charge in [0.15, 0.2) is 16.6 Å². The molecule has 0 unspecified atom stereocenters. The van der Waals surface area contributed by atoms with E-state index in [1.165, 1.54) is 11.5 Å². The maximum Gasteiger partial charge on any atom is 0.197 e. The van der Waals surface area contributed by atoms with Crippen molar-refractivity contribution in [2.24, 2.45) is 0 Å². The van der Waals surface area contributed by atoms with E-state index < -0.39 is 0 Å². The molecule has 0 fully saturated rings. The summed E-state index contributed by atoms with van der Waals surface area (Å²) in [5.41, 5.74) is 5.68. The van der Waals surface area contributed by atoms with Crippen LogP contribution in [0.15, 0.2) is 0 Å². The van der Waals surface area contributed by atoms with Gasteiger partial charge in [-0.2, -0.15) is 4.37 Å². The van der Waals surface area contributed by atoms with Crippen LogP contribution in [-0.4, -0.2) is 36.8 Å². The Hall–Kier alpha value is -1.01. The molecule has 0 atom stereocenters. The Morgan fingerprint density at radius 3 is 2.81 bits per heavy atom. The number of ether oxygens (including phenoxy) is 1. The average Bonchev–Trinajstić information content (AvgIpc) is 2.65. The van der Waals surface area contributed by atoms with Gasteiger partial charge in [0.05, 0.1) is 7.11 Å². The summed E-state index contributed by atoms with van der Waals surface area (Å²) in [6, 6.07) is 0. The van der Waals surface area contributed by atoms with Crippen molar-refractivity contribution in [3.8, 4) is 5.75 Å². The van der Waals surface area contributed by atoms with Gasteiger partial charge >= 0.3 is 0 Å². The van der Waals surface area contributed by atoms with Gasteiger partial charge in [0.25, 0.3) is 0 Å². The minimum Gasteiger partial charge on any atom is -0.490 e. The number of aromatic nitrogens is 1. The zero-order chi connectivity index (χ0) is 12.0. The van der Waals surface area contributed by atoms with E-state index in [9.17, 15) is 0 Å². The van der Waals surface area contributed by atoms with Crippen LogP contribution in [0.5, 0.6) is 5.75 Å². The third-order valence-corrected chi connectivity index (χ3v) is 3.32. The van der Waals surface area contributed by atoms with Crippen molar-refractivity contribution in [3.63, 3.8) is 0 Å². The Bertz CT molecular complexity index is 317. The molecule has 1 aromatic rings. The average molecular weight is 245 g/mol. The molecular formula is C10H19N3O2S. The molecule has 6 heteroatoms. The normalized spacial score (nSPS) is 10.4. The summed E-state index contributed by atoms with van der Waals surface area (Å²) in [5.74, 6) is 1.11. The fraction of sp³-hybridized carbons (Fsp3) is 0.700. The summed E-state index contributed by atoms with van der Waals surface area (Å²) in [5, 5.41) is 9.64. The molecular weight excluding hydrogens is 226 g/mol. The van der Waals surface area contributed by atoms with Crippen LogP contribution >= 0.6 is 11.5 Å². The highest BCUT2D eigenvalue weighted by atomic mass is 32.1. The molecule has 1 heterocycles. The van der Waals surface area contributed by atoms with Crippen molar-refractivity contribution in [2.45, 2.75) is 19.3 Å². The van der Waals surface area contributed by atoms with Crippen molar-refractivity contribution in [1.29, 1.82) is 0 Å². The second-order valence-electron chi connectivity index (χ2n) is 3.61. The molecule has 0 aliphatic heterocycles. The van der Waals surface area contributed by atoms with Gasteiger partial charge < -0.3 is 20.5 Å². The molecule has 16 heavy (non-hydrogen) atoms. The van der Waals surface area contributed by atoms with E-state index in [2.05, 4.69) is 9.27 Å². The van der Waals surface area contributed by atoms with Gasteiger partial charge in [-0.15, -0.1) is 0 Å². The first kappa shape index (κ1) is 13.1. The van der Waals surface area contributed by atoms with E-state index in [0.717, 1.165) is 30.8 Å². The van der Waals surface area contributed by atoms with Gasteiger partial charge in [-0.25, -0.2) is 0 Å². The second kappa shape index (κ2) is 6.55. The molecule has 92 valence electrons. The van der Waals surface area contributed by atoms with Crippen LogP contribution in [-0.2, 0) is 0 Å². The molecule has 0 saturated heterocycles. The molecule has 0 saturated carbocycles. The first-order valence-electron chi connectivity index (χ1n) is 5.31. The molecule has 3 N–H and O–H groups in total. The Labute approximate surface area is 100.0 Å². The summed E-state index contributed by atoms with van der Waals surface area (Å²) in [7, 11) is 3.59. The number of anilines is 2. The molecule has 0 spiro atoms. The van der Waals surface area contributed by atoms with Gasteiger partial charge in [-0.3, -0.25) is 0 Å². The fourth-order valence-electron chi connectivity index (χ4n) is 1.46. The number of unbranched alkanes of at least 4 members (excludes halogenated alkanes) is 2. The lowest BCUT2D eigenvalue weighted by atomic mass is 10.2.